The van der Waals surface area contributed by atoms with E-state index in [4.69, 9.17) is 5.11 Å². The van der Waals surface area contributed by atoms with E-state index in [0.29, 0.717) is 5.56 Å². The first-order chi connectivity index (χ1) is 8.41. The molecule has 1 aromatic rings. The molecular formula is C12H13NO5. The smallest absolute Gasteiger partial charge is 0.310 e. The van der Waals surface area contributed by atoms with Gasteiger partial charge in [0.1, 0.15) is 12.2 Å². The van der Waals surface area contributed by atoms with E-state index in [1.54, 1.807) is 25.1 Å². The molecule has 0 bridgehead atoms. The third kappa shape index (κ3) is 3.65. The molecule has 0 saturated carbocycles. The number of hydrogen-bond acceptors (Lipinski definition) is 4. The Morgan fingerprint density at radius 1 is 1.39 bits per heavy atom. The molecule has 1 rings (SSSR count). The molecule has 1 unspecified atom stereocenters. The van der Waals surface area contributed by atoms with Gasteiger partial charge >= 0.3 is 5.97 Å². The molecule has 18 heavy (non-hydrogen) atoms. The highest BCUT2D eigenvalue weighted by atomic mass is 16.6. The average molecular weight is 251 g/mol. The van der Waals surface area contributed by atoms with Crippen LogP contribution in [0.15, 0.2) is 24.3 Å². The number of para-hydroxylation sites is 1. The molecule has 1 aromatic carbocycles. The number of carboxylic acids is 1. The van der Waals surface area contributed by atoms with E-state index >= 15 is 0 Å². The Hall–Kier alpha value is -2.24. The maximum absolute atomic E-state index is 11.5. The molecule has 96 valence electrons. The number of benzene rings is 1. The van der Waals surface area contributed by atoms with Crippen LogP contribution >= 0.6 is 0 Å². The van der Waals surface area contributed by atoms with Crippen molar-refractivity contribution in [2.75, 3.05) is 0 Å². The highest BCUT2D eigenvalue weighted by Crippen LogP contribution is 2.21. The van der Waals surface area contributed by atoms with Gasteiger partial charge in [-0.15, -0.1) is 0 Å². The summed E-state index contributed by atoms with van der Waals surface area (Å²) >= 11 is 0. The minimum Gasteiger partial charge on any atom is -0.481 e. The first-order valence-electron chi connectivity index (χ1n) is 5.38. The standard InChI is InChI=1S/C12H13NO5/c1-8(11(14)7-12(15)16)6-9-4-2-3-5-10(9)13(17)18/h2-5,8H,6-7H2,1H3,(H,15,16). The number of hydrogen-bond donors (Lipinski definition) is 1. The third-order valence-corrected chi connectivity index (χ3v) is 2.59. The summed E-state index contributed by atoms with van der Waals surface area (Å²) in [5.74, 6) is -2.17. The van der Waals surface area contributed by atoms with Crippen molar-refractivity contribution >= 4 is 17.4 Å². The van der Waals surface area contributed by atoms with Crippen LogP contribution in [0, 0.1) is 16.0 Å². The summed E-state index contributed by atoms with van der Waals surface area (Å²) in [5.41, 5.74) is 0.390. The predicted octanol–water partition coefficient (Wildman–Crippen LogP) is 1.82. The number of nitro benzene ring substituents is 1. The van der Waals surface area contributed by atoms with Crippen LogP contribution in [0.25, 0.3) is 0 Å². The number of carboxylic acid groups (broad SMARTS) is 1. The third-order valence-electron chi connectivity index (χ3n) is 2.59. The molecule has 0 aromatic heterocycles. The molecule has 0 fully saturated rings. The van der Waals surface area contributed by atoms with Crippen molar-refractivity contribution in [1.29, 1.82) is 0 Å². The van der Waals surface area contributed by atoms with Gasteiger partial charge in [-0.3, -0.25) is 19.7 Å². The topological polar surface area (TPSA) is 97.5 Å². The molecule has 0 aliphatic carbocycles. The second kappa shape index (κ2) is 5.90. The Morgan fingerprint density at radius 3 is 2.56 bits per heavy atom. The van der Waals surface area contributed by atoms with E-state index in [1.807, 2.05) is 0 Å². The monoisotopic (exact) mass is 251 g/mol. The van der Waals surface area contributed by atoms with Gasteiger partial charge in [-0.2, -0.15) is 0 Å². The Labute approximate surface area is 103 Å². The fraction of sp³-hybridized carbons (Fsp3) is 0.333. The van der Waals surface area contributed by atoms with Crippen molar-refractivity contribution < 1.29 is 19.6 Å². The quantitative estimate of drug-likeness (QED) is 0.472. The second-order valence-electron chi connectivity index (χ2n) is 4.03. The Kier molecular flexibility index (Phi) is 4.53. The lowest BCUT2D eigenvalue weighted by atomic mass is 9.94. The average Bonchev–Trinajstić information content (AvgIpc) is 2.28. The molecule has 0 saturated heterocycles. The summed E-state index contributed by atoms with van der Waals surface area (Å²) in [6.45, 7) is 1.57. The summed E-state index contributed by atoms with van der Waals surface area (Å²) in [4.78, 5) is 32.2. The number of nitrogens with zero attached hydrogens (tertiary/aromatic N) is 1. The molecule has 1 atom stereocenters. The number of rotatable bonds is 6. The largest absolute Gasteiger partial charge is 0.481 e. The normalized spacial score (nSPS) is 11.8. The van der Waals surface area contributed by atoms with E-state index in [1.165, 1.54) is 6.07 Å². The van der Waals surface area contributed by atoms with Gasteiger partial charge in [0.25, 0.3) is 5.69 Å². The molecule has 0 heterocycles. The van der Waals surface area contributed by atoms with E-state index in [2.05, 4.69) is 0 Å². The summed E-state index contributed by atoms with van der Waals surface area (Å²) < 4.78 is 0. The Bertz CT molecular complexity index is 483. The molecule has 6 nitrogen and oxygen atoms in total. The summed E-state index contributed by atoms with van der Waals surface area (Å²) in [6.07, 6.45) is -0.384. The Balaban J connectivity index is 2.81. The van der Waals surface area contributed by atoms with Crippen LogP contribution in [0.1, 0.15) is 18.9 Å². The zero-order valence-corrected chi connectivity index (χ0v) is 9.83. The lowest BCUT2D eigenvalue weighted by Crippen LogP contribution is -2.17. The van der Waals surface area contributed by atoms with Gasteiger partial charge in [-0.1, -0.05) is 25.1 Å². The van der Waals surface area contributed by atoms with Crippen molar-refractivity contribution in [3.8, 4) is 0 Å². The van der Waals surface area contributed by atoms with Crippen molar-refractivity contribution in [1.82, 2.24) is 0 Å². The molecule has 0 amide bonds. The van der Waals surface area contributed by atoms with E-state index in [9.17, 15) is 19.7 Å². The molecule has 0 aliphatic heterocycles. The lowest BCUT2D eigenvalue weighted by Gasteiger charge is -2.09. The van der Waals surface area contributed by atoms with Crippen LogP contribution in [0.5, 0.6) is 0 Å². The SMILES string of the molecule is CC(Cc1ccccc1[N+](=O)[O-])C(=O)CC(=O)O. The van der Waals surface area contributed by atoms with Crippen LogP contribution in [0.3, 0.4) is 0 Å². The van der Waals surface area contributed by atoms with Gasteiger partial charge in [0.2, 0.25) is 0 Å². The van der Waals surface area contributed by atoms with E-state index < -0.39 is 29.0 Å². The Morgan fingerprint density at radius 2 is 2.00 bits per heavy atom. The lowest BCUT2D eigenvalue weighted by molar-refractivity contribution is -0.385. The van der Waals surface area contributed by atoms with Gasteiger partial charge in [0.15, 0.2) is 0 Å². The molecule has 1 N–H and O–H groups in total. The first-order valence-corrected chi connectivity index (χ1v) is 5.38. The maximum Gasteiger partial charge on any atom is 0.310 e. The number of nitro groups is 1. The van der Waals surface area contributed by atoms with Crippen LogP contribution in [-0.4, -0.2) is 21.8 Å². The van der Waals surface area contributed by atoms with Gasteiger partial charge in [-0.25, -0.2) is 0 Å². The minimum atomic E-state index is -1.19. The van der Waals surface area contributed by atoms with E-state index in [-0.39, 0.29) is 12.1 Å². The van der Waals surface area contributed by atoms with E-state index in [0.717, 1.165) is 0 Å². The zero-order valence-electron chi connectivity index (χ0n) is 9.83. The minimum absolute atomic E-state index is 0.0486. The fourth-order valence-electron chi connectivity index (χ4n) is 1.63. The van der Waals surface area contributed by atoms with Crippen LogP contribution in [0.2, 0.25) is 0 Å². The zero-order chi connectivity index (χ0) is 13.7. The van der Waals surface area contributed by atoms with Crippen LogP contribution < -0.4 is 0 Å². The predicted molar refractivity (Wildman–Crippen MR) is 63.2 cm³/mol. The molecule has 0 aliphatic rings. The highest BCUT2D eigenvalue weighted by Gasteiger charge is 2.20. The number of Topliss-reactive ketones (excluding diaryl/α,β-unsaturated/α-hetero) is 1. The molecule has 0 radical (unpaired) electrons. The molecule has 6 heteroatoms. The first kappa shape index (κ1) is 13.8. The second-order valence-corrected chi connectivity index (χ2v) is 4.03. The summed E-state index contributed by atoms with van der Waals surface area (Å²) in [7, 11) is 0. The summed E-state index contributed by atoms with van der Waals surface area (Å²) in [5, 5.41) is 19.3. The van der Waals surface area contributed by atoms with Crippen molar-refractivity contribution in [2.45, 2.75) is 19.8 Å². The van der Waals surface area contributed by atoms with Crippen molar-refractivity contribution in [3.63, 3.8) is 0 Å². The van der Waals surface area contributed by atoms with Crippen molar-refractivity contribution in [3.05, 3.63) is 39.9 Å². The van der Waals surface area contributed by atoms with Gasteiger partial charge in [0.05, 0.1) is 4.92 Å². The fourth-order valence-corrected chi connectivity index (χ4v) is 1.63. The highest BCUT2D eigenvalue weighted by molar-refractivity contribution is 5.95. The van der Waals surface area contributed by atoms with Crippen LogP contribution in [-0.2, 0) is 16.0 Å². The summed E-state index contributed by atoms with van der Waals surface area (Å²) in [6, 6.07) is 6.13. The molecular weight excluding hydrogens is 238 g/mol. The number of aliphatic carboxylic acids is 1. The molecule has 0 spiro atoms. The van der Waals surface area contributed by atoms with Crippen molar-refractivity contribution in [2.24, 2.45) is 5.92 Å². The van der Waals surface area contributed by atoms with Gasteiger partial charge in [0, 0.05) is 17.5 Å². The number of ketones is 1. The van der Waals surface area contributed by atoms with Gasteiger partial charge in [-0.05, 0) is 6.42 Å². The number of carbonyl (C=O) groups excluding carboxylic acids is 1. The van der Waals surface area contributed by atoms with Gasteiger partial charge < -0.3 is 5.11 Å². The van der Waals surface area contributed by atoms with Crippen LogP contribution in [0.4, 0.5) is 5.69 Å². The number of carbonyl (C=O) groups is 2. The maximum atomic E-state index is 11.5.